The number of fused-ring (bicyclic) bond motifs is 2. The van der Waals surface area contributed by atoms with E-state index in [2.05, 4.69) is 4.90 Å². The summed E-state index contributed by atoms with van der Waals surface area (Å²) in [6.07, 6.45) is 0.753. The summed E-state index contributed by atoms with van der Waals surface area (Å²) in [5, 5.41) is 1.01. The number of benzene rings is 2. The number of morpholine rings is 1. The molecule has 0 radical (unpaired) electrons. The molecule has 0 N–H and O–H groups in total. The van der Waals surface area contributed by atoms with Crippen LogP contribution in [-0.4, -0.2) is 62.3 Å². The molecule has 0 atom stereocenters. The van der Waals surface area contributed by atoms with Gasteiger partial charge in [-0.2, -0.15) is 0 Å². The number of ether oxygens (including phenoxy) is 2. The first-order chi connectivity index (χ1) is 16.6. The predicted octanol–water partition coefficient (Wildman–Crippen LogP) is 4.20. The number of aromatic nitrogens is 1. The van der Waals surface area contributed by atoms with Gasteiger partial charge in [0.05, 0.1) is 35.9 Å². The molecule has 3 heterocycles. The second-order valence-corrected chi connectivity index (χ2v) is 9.07. The second kappa shape index (κ2) is 11.2. The fourth-order valence-electron chi connectivity index (χ4n) is 4.04. The van der Waals surface area contributed by atoms with Gasteiger partial charge in [-0.25, -0.2) is 4.98 Å². The lowest BCUT2D eigenvalue weighted by atomic mass is 10.2. The highest BCUT2D eigenvalue weighted by molar-refractivity contribution is 7.22. The molecule has 0 aliphatic carbocycles. The molecule has 10 heteroatoms. The summed E-state index contributed by atoms with van der Waals surface area (Å²) in [4.78, 5) is 34.9. The summed E-state index contributed by atoms with van der Waals surface area (Å²) in [7, 11) is 1.61. The van der Waals surface area contributed by atoms with Crippen molar-refractivity contribution in [1.82, 2.24) is 9.88 Å². The predicted molar refractivity (Wildman–Crippen MR) is 139 cm³/mol. The number of halogens is 1. The van der Waals surface area contributed by atoms with Gasteiger partial charge in [0, 0.05) is 38.3 Å². The van der Waals surface area contributed by atoms with Gasteiger partial charge in [-0.1, -0.05) is 23.5 Å². The molecular weight excluding hydrogens is 490 g/mol. The molecule has 5 rings (SSSR count). The molecule has 0 spiro atoms. The third-order valence-electron chi connectivity index (χ3n) is 5.86. The minimum absolute atomic E-state index is 0. The van der Waals surface area contributed by atoms with E-state index < -0.39 is 0 Å². The van der Waals surface area contributed by atoms with Crippen molar-refractivity contribution in [2.24, 2.45) is 0 Å². The third-order valence-corrected chi connectivity index (χ3v) is 6.92. The number of hydrogen-bond donors (Lipinski definition) is 0. The zero-order valence-electron chi connectivity index (χ0n) is 19.3. The van der Waals surface area contributed by atoms with Crippen molar-refractivity contribution in [3.05, 3.63) is 64.5 Å². The quantitative estimate of drug-likeness (QED) is 0.364. The van der Waals surface area contributed by atoms with Crippen molar-refractivity contribution in [1.29, 1.82) is 0 Å². The van der Waals surface area contributed by atoms with Crippen LogP contribution in [0.4, 0.5) is 5.13 Å². The Hall–Kier alpha value is -2.98. The van der Waals surface area contributed by atoms with E-state index >= 15 is 0 Å². The van der Waals surface area contributed by atoms with Crippen LogP contribution >= 0.6 is 23.7 Å². The molecule has 2 aromatic carbocycles. The Balaban J connectivity index is 0.00000289. The van der Waals surface area contributed by atoms with Crippen LogP contribution in [0.25, 0.3) is 21.2 Å². The molecule has 4 aromatic rings. The Bertz CT molecular complexity index is 1380. The monoisotopic (exact) mass is 515 g/mol. The lowest BCUT2D eigenvalue weighted by Crippen LogP contribution is -2.39. The lowest BCUT2D eigenvalue weighted by Gasteiger charge is -2.27. The summed E-state index contributed by atoms with van der Waals surface area (Å²) in [5.74, 6) is 0.331. The van der Waals surface area contributed by atoms with Crippen LogP contribution in [0, 0.1) is 0 Å². The number of thiazole rings is 1. The first kappa shape index (κ1) is 25.1. The van der Waals surface area contributed by atoms with Crippen LogP contribution in [0.15, 0.2) is 57.7 Å². The van der Waals surface area contributed by atoms with Crippen LogP contribution in [0.1, 0.15) is 17.0 Å². The number of hydrogen-bond acceptors (Lipinski definition) is 8. The van der Waals surface area contributed by atoms with Gasteiger partial charge in [0.25, 0.3) is 5.91 Å². The highest BCUT2D eigenvalue weighted by Gasteiger charge is 2.25. The standard InChI is InChI=1S/C25H25N3O5S.ClH/c1-31-17-7-8-23-19(15-17)26-25(34-23)28(10-4-9-27-11-13-32-14-12-27)24(30)22-16-20(29)18-5-2-3-6-21(18)33-22;/h2-3,5-8,15-16H,4,9-14H2,1H3;1H. The Kier molecular flexibility index (Phi) is 8.02. The van der Waals surface area contributed by atoms with Crippen molar-refractivity contribution in [2.75, 3.05) is 51.4 Å². The van der Waals surface area contributed by atoms with E-state index in [1.807, 2.05) is 18.2 Å². The Morgan fingerprint density at radius 3 is 2.77 bits per heavy atom. The molecule has 0 saturated carbocycles. The summed E-state index contributed by atoms with van der Waals surface area (Å²) < 4.78 is 17.5. The summed E-state index contributed by atoms with van der Waals surface area (Å²) in [5.41, 5.74) is 0.901. The van der Waals surface area contributed by atoms with Gasteiger partial charge in [-0.3, -0.25) is 19.4 Å². The Labute approximate surface area is 212 Å². The minimum atomic E-state index is -0.379. The van der Waals surface area contributed by atoms with Gasteiger partial charge in [0.2, 0.25) is 0 Å². The van der Waals surface area contributed by atoms with E-state index in [1.165, 1.54) is 17.4 Å². The molecule has 2 aromatic heterocycles. The van der Waals surface area contributed by atoms with E-state index in [1.54, 1.807) is 36.3 Å². The average molecular weight is 516 g/mol. The number of para-hydroxylation sites is 1. The van der Waals surface area contributed by atoms with Crippen molar-refractivity contribution >= 4 is 56.0 Å². The number of rotatable bonds is 7. The number of amides is 1. The Morgan fingerprint density at radius 1 is 1.17 bits per heavy atom. The molecule has 1 aliphatic rings. The maximum Gasteiger partial charge on any atom is 0.295 e. The highest BCUT2D eigenvalue weighted by atomic mass is 35.5. The van der Waals surface area contributed by atoms with Gasteiger partial charge >= 0.3 is 0 Å². The van der Waals surface area contributed by atoms with E-state index in [4.69, 9.17) is 18.9 Å². The molecule has 1 fully saturated rings. The molecule has 1 aliphatic heterocycles. The van der Waals surface area contributed by atoms with Gasteiger partial charge in [0.1, 0.15) is 11.3 Å². The topological polar surface area (TPSA) is 85.1 Å². The van der Waals surface area contributed by atoms with Crippen LogP contribution in [0.5, 0.6) is 5.75 Å². The first-order valence-electron chi connectivity index (χ1n) is 11.2. The fraction of sp³-hybridized carbons (Fsp3) is 0.320. The van der Waals surface area contributed by atoms with E-state index in [9.17, 15) is 9.59 Å². The molecule has 0 unspecified atom stereocenters. The number of methoxy groups -OCH3 is 1. The van der Waals surface area contributed by atoms with Gasteiger partial charge < -0.3 is 13.9 Å². The number of carbonyl (C=O) groups is 1. The maximum absolute atomic E-state index is 13.6. The van der Waals surface area contributed by atoms with Crippen LogP contribution in [-0.2, 0) is 4.74 Å². The van der Waals surface area contributed by atoms with Gasteiger partial charge in [-0.05, 0) is 30.7 Å². The maximum atomic E-state index is 13.6. The molecular formula is C25H26ClN3O5S. The van der Waals surface area contributed by atoms with E-state index in [0.717, 1.165) is 49.5 Å². The second-order valence-electron chi connectivity index (χ2n) is 8.07. The van der Waals surface area contributed by atoms with Crippen molar-refractivity contribution in [3.63, 3.8) is 0 Å². The van der Waals surface area contributed by atoms with Crippen molar-refractivity contribution < 1.29 is 18.7 Å². The van der Waals surface area contributed by atoms with Crippen LogP contribution in [0.3, 0.4) is 0 Å². The van der Waals surface area contributed by atoms with Gasteiger partial charge in [0.15, 0.2) is 16.3 Å². The van der Waals surface area contributed by atoms with Crippen molar-refractivity contribution in [2.45, 2.75) is 6.42 Å². The molecule has 1 amide bonds. The minimum Gasteiger partial charge on any atom is -0.497 e. The average Bonchev–Trinajstić information content (AvgIpc) is 3.29. The van der Waals surface area contributed by atoms with E-state index in [0.29, 0.717) is 28.4 Å². The highest BCUT2D eigenvalue weighted by Crippen LogP contribution is 2.32. The molecule has 8 nitrogen and oxygen atoms in total. The summed E-state index contributed by atoms with van der Waals surface area (Å²) in [6.45, 7) is 4.51. The van der Waals surface area contributed by atoms with Crippen molar-refractivity contribution in [3.8, 4) is 5.75 Å². The van der Waals surface area contributed by atoms with Gasteiger partial charge in [-0.15, -0.1) is 12.4 Å². The zero-order valence-corrected chi connectivity index (χ0v) is 20.9. The summed E-state index contributed by atoms with van der Waals surface area (Å²) >= 11 is 1.43. The number of anilines is 1. The summed E-state index contributed by atoms with van der Waals surface area (Å²) in [6, 6.07) is 13.9. The molecule has 1 saturated heterocycles. The zero-order chi connectivity index (χ0) is 23.5. The van der Waals surface area contributed by atoms with Crippen LogP contribution < -0.4 is 15.1 Å². The Morgan fingerprint density at radius 2 is 1.97 bits per heavy atom. The number of nitrogens with zero attached hydrogens (tertiary/aromatic N) is 3. The smallest absolute Gasteiger partial charge is 0.295 e. The number of carbonyl (C=O) groups excluding carboxylic acids is 1. The lowest BCUT2D eigenvalue weighted by molar-refractivity contribution is 0.0376. The largest absolute Gasteiger partial charge is 0.497 e. The van der Waals surface area contributed by atoms with E-state index in [-0.39, 0.29) is 29.5 Å². The fourth-order valence-corrected chi connectivity index (χ4v) is 5.01. The third kappa shape index (κ3) is 5.48. The SMILES string of the molecule is COc1ccc2sc(N(CCCN3CCOCC3)C(=O)c3cc(=O)c4ccccc4o3)nc2c1.Cl. The normalized spacial score (nSPS) is 14.1. The van der Waals surface area contributed by atoms with Crippen LogP contribution in [0.2, 0.25) is 0 Å². The molecule has 184 valence electrons. The molecule has 35 heavy (non-hydrogen) atoms. The molecule has 0 bridgehead atoms. The first-order valence-corrected chi connectivity index (χ1v) is 12.0.